The summed E-state index contributed by atoms with van der Waals surface area (Å²) in [5.74, 6) is -0.857. The number of aliphatic carboxylic acids is 1. The topological polar surface area (TPSA) is 87.6 Å². The lowest BCUT2D eigenvalue weighted by Gasteiger charge is -2.26. The fourth-order valence-electron chi connectivity index (χ4n) is 2.30. The van der Waals surface area contributed by atoms with Gasteiger partial charge in [-0.25, -0.2) is 8.42 Å². The maximum Gasteiger partial charge on any atom is 0.317 e. The standard InChI is InChI=1S/C12H14Br2N2O4S/c13-8-3-10(14)11(15-4-8)5-16(6-12(17)18)9-1-2-21(19,20)7-9/h3-4,9H,1-2,5-7H2,(H,17,18). The van der Waals surface area contributed by atoms with Gasteiger partial charge in [-0.1, -0.05) is 0 Å². The second-order valence-corrected chi connectivity index (χ2v) is 8.94. The van der Waals surface area contributed by atoms with Gasteiger partial charge in [0.05, 0.1) is 23.7 Å². The summed E-state index contributed by atoms with van der Waals surface area (Å²) in [6, 6.07) is 1.55. The van der Waals surface area contributed by atoms with Crippen molar-refractivity contribution in [3.63, 3.8) is 0 Å². The molecule has 0 amide bonds. The normalized spacial score (nSPS) is 20.8. The van der Waals surface area contributed by atoms with Crippen molar-refractivity contribution in [2.24, 2.45) is 0 Å². The number of carboxylic acids is 1. The number of nitrogens with zero attached hydrogens (tertiary/aromatic N) is 2. The molecule has 9 heteroatoms. The maximum atomic E-state index is 11.6. The zero-order chi connectivity index (χ0) is 15.6. The van der Waals surface area contributed by atoms with Crippen LogP contribution < -0.4 is 0 Å². The molecule has 0 spiro atoms. The largest absolute Gasteiger partial charge is 0.480 e. The Hall–Kier alpha value is -0.510. The Balaban J connectivity index is 2.18. The van der Waals surface area contributed by atoms with E-state index >= 15 is 0 Å². The smallest absolute Gasteiger partial charge is 0.317 e. The van der Waals surface area contributed by atoms with E-state index in [4.69, 9.17) is 5.11 Å². The fourth-order valence-corrected chi connectivity index (χ4v) is 5.18. The molecule has 0 aliphatic carbocycles. The van der Waals surface area contributed by atoms with Gasteiger partial charge in [0.1, 0.15) is 0 Å². The summed E-state index contributed by atoms with van der Waals surface area (Å²) in [4.78, 5) is 16.9. The molecule has 0 bridgehead atoms. The van der Waals surface area contributed by atoms with E-state index in [2.05, 4.69) is 36.8 Å². The van der Waals surface area contributed by atoms with Gasteiger partial charge in [-0.2, -0.15) is 0 Å². The van der Waals surface area contributed by atoms with E-state index < -0.39 is 15.8 Å². The number of rotatable bonds is 5. The van der Waals surface area contributed by atoms with Gasteiger partial charge in [-0.05, 0) is 44.3 Å². The van der Waals surface area contributed by atoms with Gasteiger partial charge in [0, 0.05) is 27.7 Å². The summed E-state index contributed by atoms with van der Waals surface area (Å²) in [5.41, 5.74) is 0.684. The summed E-state index contributed by atoms with van der Waals surface area (Å²) in [6.45, 7) is 0.0880. The molecule has 1 aliphatic heterocycles. The van der Waals surface area contributed by atoms with E-state index in [1.807, 2.05) is 6.07 Å². The molecule has 1 unspecified atom stereocenters. The van der Waals surface area contributed by atoms with Crippen LogP contribution >= 0.6 is 31.9 Å². The number of halogens is 2. The lowest BCUT2D eigenvalue weighted by molar-refractivity contribution is -0.139. The first-order valence-electron chi connectivity index (χ1n) is 6.23. The van der Waals surface area contributed by atoms with Gasteiger partial charge in [0.15, 0.2) is 9.84 Å². The number of sulfone groups is 1. The van der Waals surface area contributed by atoms with Crippen molar-refractivity contribution in [2.45, 2.75) is 19.0 Å². The lowest BCUT2D eigenvalue weighted by Crippen LogP contribution is -2.39. The molecule has 0 aromatic carbocycles. The van der Waals surface area contributed by atoms with E-state index in [1.54, 1.807) is 11.1 Å². The molecule has 0 saturated carbocycles. The number of carboxylic acid groups (broad SMARTS) is 1. The minimum atomic E-state index is -3.06. The van der Waals surface area contributed by atoms with Crippen LogP contribution in [0, 0.1) is 0 Å². The molecule has 1 N–H and O–H groups in total. The molecule has 2 heterocycles. The Morgan fingerprint density at radius 2 is 2.19 bits per heavy atom. The number of carbonyl (C=O) groups is 1. The Bertz CT molecular complexity index is 651. The molecule has 1 atom stereocenters. The molecule has 2 rings (SSSR count). The van der Waals surface area contributed by atoms with Crippen molar-refractivity contribution in [1.82, 2.24) is 9.88 Å². The Morgan fingerprint density at radius 3 is 2.71 bits per heavy atom. The predicted octanol–water partition coefficient (Wildman–Crippen LogP) is 1.68. The molecular weight excluding hydrogens is 428 g/mol. The average molecular weight is 442 g/mol. The zero-order valence-electron chi connectivity index (χ0n) is 11.0. The molecule has 1 saturated heterocycles. The molecular formula is C12H14Br2N2O4S. The van der Waals surface area contributed by atoms with Crippen LogP contribution in [0.1, 0.15) is 12.1 Å². The highest BCUT2D eigenvalue weighted by Crippen LogP contribution is 2.24. The van der Waals surface area contributed by atoms with Crippen molar-refractivity contribution >= 4 is 47.7 Å². The Kier molecular flexibility index (Phi) is 5.39. The second-order valence-electron chi connectivity index (χ2n) is 4.94. The van der Waals surface area contributed by atoms with Crippen molar-refractivity contribution in [3.8, 4) is 0 Å². The van der Waals surface area contributed by atoms with Crippen LogP contribution in [0.25, 0.3) is 0 Å². The molecule has 116 valence electrons. The third-order valence-electron chi connectivity index (χ3n) is 3.30. The summed E-state index contributed by atoms with van der Waals surface area (Å²) in [6.07, 6.45) is 2.09. The molecule has 6 nitrogen and oxygen atoms in total. The summed E-state index contributed by atoms with van der Waals surface area (Å²) >= 11 is 6.69. The quantitative estimate of drug-likeness (QED) is 0.747. The maximum absolute atomic E-state index is 11.6. The van der Waals surface area contributed by atoms with Gasteiger partial charge in [0.2, 0.25) is 0 Å². The van der Waals surface area contributed by atoms with Crippen LogP contribution in [0.3, 0.4) is 0 Å². The van der Waals surface area contributed by atoms with Crippen LogP contribution in [-0.2, 0) is 21.2 Å². The van der Waals surface area contributed by atoms with Crippen LogP contribution in [0.4, 0.5) is 0 Å². The first-order valence-corrected chi connectivity index (χ1v) is 9.64. The van der Waals surface area contributed by atoms with Crippen molar-refractivity contribution < 1.29 is 18.3 Å². The lowest BCUT2D eigenvalue weighted by atomic mass is 10.2. The monoisotopic (exact) mass is 440 g/mol. The predicted molar refractivity (Wildman–Crippen MR) is 84.7 cm³/mol. The van der Waals surface area contributed by atoms with Gasteiger partial charge in [-0.15, -0.1) is 0 Å². The van der Waals surface area contributed by atoms with E-state index in [1.165, 1.54) is 0 Å². The number of aromatic nitrogens is 1. The Labute approximate surface area is 139 Å². The van der Waals surface area contributed by atoms with Crippen molar-refractivity contribution in [3.05, 3.63) is 26.9 Å². The van der Waals surface area contributed by atoms with Gasteiger partial charge >= 0.3 is 5.97 Å². The Morgan fingerprint density at radius 1 is 1.48 bits per heavy atom. The van der Waals surface area contributed by atoms with E-state index in [-0.39, 0.29) is 24.1 Å². The number of hydrogen-bond donors (Lipinski definition) is 1. The van der Waals surface area contributed by atoms with Crippen LogP contribution in [0.15, 0.2) is 21.2 Å². The highest BCUT2D eigenvalue weighted by atomic mass is 79.9. The minimum absolute atomic E-state index is 0.00836. The highest BCUT2D eigenvalue weighted by molar-refractivity contribution is 9.11. The summed E-state index contributed by atoms with van der Waals surface area (Å²) in [5, 5.41) is 9.04. The summed E-state index contributed by atoms with van der Waals surface area (Å²) in [7, 11) is -3.06. The molecule has 1 aromatic heterocycles. The van der Waals surface area contributed by atoms with Crippen molar-refractivity contribution in [2.75, 3.05) is 18.1 Å². The van der Waals surface area contributed by atoms with Crippen LogP contribution in [0.5, 0.6) is 0 Å². The third kappa shape index (κ3) is 4.73. The van der Waals surface area contributed by atoms with Gasteiger partial charge in [-0.3, -0.25) is 14.7 Å². The van der Waals surface area contributed by atoms with Crippen molar-refractivity contribution in [1.29, 1.82) is 0 Å². The molecule has 1 fully saturated rings. The average Bonchev–Trinajstić information content (AvgIpc) is 2.71. The first-order chi connectivity index (χ1) is 9.77. The van der Waals surface area contributed by atoms with E-state index in [0.717, 1.165) is 8.95 Å². The van der Waals surface area contributed by atoms with Gasteiger partial charge in [0.25, 0.3) is 0 Å². The van der Waals surface area contributed by atoms with Crippen LogP contribution in [0.2, 0.25) is 0 Å². The molecule has 0 radical (unpaired) electrons. The molecule has 1 aromatic rings. The zero-order valence-corrected chi connectivity index (χ0v) is 15.0. The van der Waals surface area contributed by atoms with E-state index in [9.17, 15) is 13.2 Å². The number of pyridine rings is 1. The fraction of sp³-hybridized carbons (Fsp3) is 0.500. The molecule has 21 heavy (non-hydrogen) atoms. The van der Waals surface area contributed by atoms with Gasteiger partial charge < -0.3 is 5.11 Å². The second kappa shape index (κ2) is 6.72. The van der Waals surface area contributed by atoms with E-state index in [0.29, 0.717) is 18.7 Å². The summed E-state index contributed by atoms with van der Waals surface area (Å²) < 4.78 is 24.7. The highest BCUT2D eigenvalue weighted by Gasteiger charge is 2.33. The third-order valence-corrected chi connectivity index (χ3v) is 6.17. The van der Waals surface area contributed by atoms with Crippen LogP contribution in [-0.4, -0.2) is 53.5 Å². The number of hydrogen-bond acceptors (Lipinski definition) is 5. The minimum Gasteiger partial charge on any atom is -0.480 e. The first kappa shape index (κ1) is 16.9. The SMILES string of the molecule is O=C(O)CN(Cc1ncc(Br)cc1Br)C1CCS(=O)(=O)C1. The molecule has 1 aliphatic rings.